The first-order valence-electron chi connectivity index (χ1n) is 6.51. The molecule has 2 rings (SSSR count). The summed E-state index contributed by atoms with van der Waals surface area (Å²) in [6.45, 7) is 5.46. The van der Waals surface area contributed by atoms with E-state index in [4.69, 9.17) is 16.3 Å². The maximum atomic E-state index is 11.7. The first-order valence-corrected chi connectivity index (χ1v) is 7.70. The Morgan fingerprint density at radius 2 is 2.19 bits per heavy atom. The summed E-state index contributed by atoms with van der Waals surface area (Å²) in [7, 11) is 0. The molecule has 2 aromatic rings. The number of hydrogen-bond acceptors (Lipinski definition) is 4. The first-order chi connectivity index (χ1) is 9.82. The maximum absolute atomic E-state index is 11.7. The van der Waals surface area contributed by atoms with Crippen LogP contribution in [-0.4, -0.2) is 16.7 Å². The van der Waals surface area contributed by atoms with E-state index in [-0.39, 0.29) is 0 Å². The molecule has 0 aliphatic rings. The van der Waals surface area contributed by atoms with Crippen molar-refractivity contribution in [2.45, 2.75) is 32.8 Å². The SMILES string of the molecule is CC(C)(C)OC(=O)Nc1ncc(Cc2cccc(Cl)c2)s1. The third kappa shape index (κ3) is 5.36. The molecule has 1 amide bonds. The van der Waals surface area contributed by atoms with Crippen molar-refractivity contribution < 1.29 is 9.53 Å². The fourth-order valence-electron chi connectivity index (χ4n) is 1.69. The van der Waals surface area contributed by atoms with Crippen molar-refractivity contribution in [2.75, 3.05) is 5.32 Å². The summed E-state index contributed by atoms with van der Waals surface area (Å²) < 4.78 is 5.18. The largest absolute Gasteiger partial charge is 0.444 e. The average Bonchev–Trinajstić information content (AvgIpc) is 2.73. The standard InChI is InChI=1S/C15H17ClN2O2S/c1-15(2,3)20-14(19)18-13-17-9-12(21-13)8-10-5-4-6-11(16)7-10/h4-7,9H,8H2,1-3H3,(H,17,18,19). The number of rotatable bonds is 3. The molecular formula is C15H17ClN2O2S. The van der Waals surface area contributed by atoms with Crippen LogP contribution in [-0.2, 0) is 11.2 Å². The van der Waals surface area contributed by atoms with Gasteiger partial charge in [-0.15, -0.1) is 11.3 Å². The molecule has 1 aromatic heterocycles. The number of anilines is 1. The second-order valence-corrected chi connectivity index (χ2v) is 7.12. The van der Waals surface area contributed by atoms with E-state index in [0.717, 1.165) is 16.9 Å². The Bertz CT molecular complexity index is 635. The fraction of sp³-hybridized carbons (Fsp3) is 0.333. The van der Waals surface area contributed by atoms with Crippen LogP contribution >= 0.6 is 22.9 Å². The van der Waals surface area contributed by atoms with Gasteiger partial charge in [0.05, 0.1) is 0 Å². The minimum atomic E-state index is -0.523. The highest BCUT2D eigenvalue weighted by Gasteiger charge is 2.17. The average molecular weight is 325 g/mol. The zero-order chi connectivity index (χ0) is 15.5. The van der Waals surface area contributed by atoms with Crippen LogP contribution in [0.4, 0.5) is 9.93 Å². The molecule has 0 atom stereocenters. The van der Waals surface area contributed by atoms with Crippen LogP contribution in [0.2, 0.25) is 5.02 Å². The third-order valence-corrected chi connectivity index (χ3v) is 3.58. The van der Waals surface area contributed by atoms with E-state index >= 15 is 0 Å². The highest BCUT2D eigenvalue weighted by molar-refractivity contribution is 7.15. The van der Waals surface area contributed by atoms with Gasteiger partial charge in [0.25, 0.3) is 0 Å². The zero-order valence-corrected chi connectivity index (χ0v) is 13.7. The van der Waals surface area contributed by atoms with Crippen LogP contribution in [0.1, 0.15) is 31.2 Å². The molecule has 0 aliphatic carbocycles. The molecule has 1 aromatic carbocycles. The molecule has 0 unspecified atom stereocenters. The van der Waals surface area contributed by atoms with Crippen LogP contribution in [0.3, 0.4) is 0 Å². The van der Waals surface area contributed by atoms with Gasteiger partial charge in [0.15, 0.2) is 5.13 Å². The van der Waals surface area contributed by atoms with E-state index in [2.05, 4.69) is 10.3 Å². The van der Waals surface area contributed by atoms with Crippen LogP contribution in [0.5, 0.6) is 0 Å². The lowest BCUT2D eigenvalue weighted by molar-refractivity contribution is 0.0636. The number of carbonyl (C=O) groups is 1. The monoisotopic (exact) mass is 324 g/mol. The van der Waals surface area contributed by atoms with Crippen LogP contribution in [0.25, 0.3) is 0 Å². The van der Waals surface area contributed by atoms with Crippen molar-refractivity contribution in [3.8, 4) is 0 Å². The Kier molecular flexibility index (Phi) is 4.85. The first kappa shape index (κ1) is 15.8. The number of thiazole rings is 1. The Morgan fingerprint density at radius 3 is 2.86 bits per heavy atom. The number of carbonyl (C=O) groups excluding carboxylic acids is 1. The minimum absolute atomic E-state index is 0.494. The van der Waals surface area contributed by atoms with Crippen molar-refractivity contribution in [3.63, 3.8) is 0 Å². The van der Waals surface area contributed by atoms with E-state index < -0.39 is 11.7 Å². The summed E-state index contributed by atoms with van der Waals surface area (Å²) in [5, 5.41) is 3.88. The van der Waals surface area contributed by atoms with Crippen molar-refractivity contribution >= 4 is 34.2 Å². The highest BCUT2D eigenvalue weighted by Crippen LogP contribution is 2.23. The van der Waals surface area contributed by atoms with Gasteiger partial charge in [-0.2, -0.15) is 0 Å². The third-order valence-electron chi connectivity index (χ3n) is 2.43. The normalized spacial score (nSPS) is 11.2. The van der Waals surface area contributed by atoms with Crippen molar-refractivity contribution in [2.24, 2.45) is 0 Å². The van der Waals surface area contributed by atoms with Crippen LogP contribution in [0.15, 0.2) is 30.5 Å². The number of benzene rings is 1. The van der Waals surface area contributed by atoms with Crippen molar-refractivity contribution in [1.82, 2.24) is 4.98 Å². The Hall–Kier alpha value is -1.59. The number of aromatic nitrogens is 1. The molecule has 4 nitrogen and oxygen atoms in total. The highest BCUT2D eigenvalue weighted by atomic mass is 35.5. The number of nitrogens with one attached hydrogen (secondary N) is 1. The molecule has 1 heterocycles. The lowest BCUT2D eigenvalue weighted by Crippen LogP contribution is -2.27. The van der Waals surface area contributed by atoms with Gasteiger partial charge in [-0.25, -0.2) is 9.78 Å². The Balaban J connectivity index is 1.97. The van der Waals surface area contributed by atoms with Gasteiger partial charge in [-0.05, 0) is 38.5 Å². The molecule has 0 radical (unpaired) electrons. The van der Waals surface area contributed by atoms with Gasteiger partial charge >= 0.3 is 6.09 Å². The number of amides is 1. The van der Waals surface area contributed by atoms with Crippen LogP contribution < -0.4 is 5.32 Å². The predicted molar refractivity (Wildman–Crippen MR) is 86.2 cm³/mol. The van der Waals surface area contributed by atoms with E-state index in [1.54, 1.807) is 6.20 Å². The van der Waals surface area contributed by atoms with E-state index in [9.17, 15) is 4.79 Å². The topological polar surface area (TPSA) is 51.2 Å². The second kappa shape index (κ2) is 6.45. The molecular weight excluding hydrogens is 308 g/mol. The second-order valence-electron chi connectivity index (χ2n) is 5.57. The minimum Gasteiger partial charge on any atom is -0.444 e. The summed E-state index contributed by atoms with van der Waals surface area (Å²) in [5.41, 5.74) is 0.584. The lowest BCUT2D eigenvalue weighted by Gasteiger charge is -2.18. The van der Waals surface area contributed by atoms with E-state index in [1.165, 1.54) is 11.3 Å². The van der Waals surface area contributed by atoms with Gasteiger partial charge in [0.2, 0.25) is 0 Å². The smallest absolute Gasteiger partial charge is 0.413 e. The maximum Gasteiger partial charge on any atom is 0.413 e. The number of hydrogen-bond donors (Lipinski definition) is 1. The molecule has 0 fully saturated rings. The Morgan fingerprint density at radius 1 is 1.43 bits per heavy atom. The number of nitrogens with zero attached hydrogens (tertiary/aromatic N) is 1. The molecule has 0 saturated heterocycles. The molecule has 0 spiro atoms. The molecule has 0 bridgehead atoms. The van der Waals surface area contributed by atoms with Gasteiger partial charge < -0.3 is 4.74 Å². The zero-order valence-electron chi connectivity index (χ0n) is 12.1. The van der Waals surface area contributed by atoms with E-state index in [1.807, 2.05) is 45.0 Å². The molecule has 0 saturated carbocycles. The van der Waals surface area contributed by atoms with Gasteiger partial charge in [0.1, 0.15) is 5.60 Å². The summed E-state index contributed by atoms with van der Waals surface area (Å²) in [6, 6.07) is 7.68. The molecule has 0 aliphatic heterocycles. The lowest BCUT2D eigenvalue weighted by atomic mass is 10.1. The molecule has 112 valence electrons. The van der Waals surface area contributed by atoms with E-state index in [0.29, 0.717) is 10.2 Å². The van der Waals surface area contributed by atoms with Crippen molar-refractivity contribution in [3.05, 3.63) is 45.9 Å². The van der Waals surface area contributed by atoms with Crippen LogP contribution in [0, 0.1) is 0 Å². The van der Waals surface area contributed by atoms with Crippen molar-refractivity contribution in [1.29, 1.82) is 0 Å². The Labute approximate surface area is 133 Å². The summed E-state index contributed by atoms with van der Waals surface area (Å²) >= 11 is 7.38. The summed E-state index contributed by atoms with van der Waals surface area (Å²) in [4.78, 5) is 16.9. The quantitative estimate of drug-likeness (QED) is 0.887. The fourth-order valence-corrected chi connectivity index (χ4v) is 2.73. The number of halogens is 1. The van der Waals surface area contributed by atoms with Gasteiger partial charge in [0, 0.05) is 22.5 Å². The molecule has 1 N–H and O–H groups in total. The van der Waals surface area contributed by atoms with Gasteiger partial charge in [-0.3, -0.25) is 5.32 Å². The summed E-state index contributed by atoms with van der Waals surface area (Å²) in [5.74, 6) is 0. The van der Waals surface area contributed by atoms with Gasteiger partial charge in [-0.1, -0.05) is 23.7 Å². The molecule has 6 heteroatoms. The summed E-state index contributed by atoms with van der Waals surface area (Å²) in [6.07, 6.45) is 1.98. The molecule has 21 heavy (non-hydrogen) atoms. The number of ether oxygens (including phenoxy) is 1. The predicted octanol–water partition coefficient (Wildman–Crippen LogP) is 4.73.